The summed E-state index contributed by atoms with van der Waals surface area (Å²) < 4.78 is 15.5. The summed E-state index contributed by atoms with van der Waals surface area (Å²) in [7, 11) is 0. The van der Waals surface area contributed by atoms with Crippen molar-refractivity contribution >= 4 is 11.8 Å². The van der Waals surface area contributed by atoms with Crippen LogP contribution >= 0.6 is 0 Å². The third-order valence-electron chi connectivity index (χ3n) is 5.57. The molecule has 1 fully saturated rings. The Morgan fingerprint density at radius 3 is 2.93 bits per heavy atom. The first kappa shape index (κ1) is 18.7. The van der Waals surface area contributed by atoms with Gasteiger partial charge >= 0.3 is 0 Å². The number of hydrogen-bond acceptors (Lipinski definition) is 3. The average molecular weight is 384 g/mol. The Balaban J connectivity index is 1.59. The van der Waals surface area contributed by atoms with Crippen molar-refractivity contribution in [1.82, 2.24) is 20.0 Å². The molecule has 1 aliphatic carbocycles. The summed E-state index contributed by atoms with van der Waals surface area (Å²) in [4.78, 5) is 26.0. The molecular weight excluding hydrogens is 359 g/mol. The van der Waals surface area contributed by atoms with Crippen LogP contribution in [-0.4, -0.2) is 39.6 Å². The van der Waals surface area contributed by atoms with Crippen LogP contribution in [0.15, 0.2) is 30.5 Å². The number of halogens is 1. The molecule has 0 saturated carbocycles. The van der Waals surface area contributed by atoms with Crippen molar-refractivity contribution in [2.24, 2.45) is 5.41 Å². The molecular formula is C21H25FN4O2. The van der Waals surface area contributed by atoms with E-state index in [2.05, 4.69) is 24.3 Å². The van der Waals surface area contributed by atoms with Crippen molar-refractivity contribution in [2.45, 2.75) is 45.6 Å². The predicted molar refractivity (Wildman–Crippen MR) is 102 cm³/mol. The molecule has 7 heteroatoms. The van der Waals surface area contributed by atoms with E-state index in [0.717, 1.165) is 30.5 Å². The Morgan fingerprint density at radius 1 is 1.39 bits per heavy atom. The molecule has 2 aliphatic rings. The Labute approximate surface area is 163 Å². The lowest BCUT2D eigenvalue weighted by Gasteiger charge is -2.36. The highest BCUT2D eigenvalue weighted by Gasteiger charge is 2.36. The average Bonchev–Trinajstić information content (AvgIpc) is 3.20. The second kappa shape index (κ2) is 7.04. The van der Waals surface area contributed by atoms with Crippen LogP contribution in [0, 0.1) is 11.2 Å². The maximum absolute atomic E-state index is 13.7. The minimum atomic E-state index is -0.308. The summed E-state index contributed by atoms with van der Waals surface area (Å²) in [5.41, 5.74) is 2.58. The van der Waals surface area contributed by atoms with E-state index in [1.165, 1.54) is 12.1 Å². The van der Waals surface area contributed by atoms with E-state index in [9.17, 15) is 14.0 Å². The van der Waals surface area contributed by atoms with Gasteiger partial charge in [-0.2, -0.15) is 5.10 Å². The SMILES string of the molecule is CC1(C)Cc2c(cnn2-c2cccc(F)c2)[C@H](NC(=O)CN2CCCC2=O)C1. The Kier molecular flexibility index (Phi) is 4.69. The van der Waals surface area contributed by atoms with Gasteiger partial charge in [-0.05, 0) is 42.9 Å². The Bertz CT molecular complexity index is 921. The molecule has 1 aliphatic heterocycles. The van der Waals surface area contributed by atoms with Crippen LogP contribution in [0.2, 0.25) is 0 Å². The molecule has 1 N–H and O–H groups in total. The molecule has 2 heterocycles. The van der Waals surface area contributed by atoms with Gasteiger partial charge in [-0.15, -0.1) is 0 Å². The molecule has 1 saturated heterocycles. The van der Waals surface area contributed by atoms with Crippen molar-refractivity contribution in [1.29, 1.82) is 0 Å². The summed E-state index contributed by atoms with van der Waals surface area (Å²) in [5.74, 6) is -0.418. The van der Waals surface area contributed by atoms with Crippen molar-refractivity contribution in [3.05, 3.63) is 47.5 Å². The van der Waals surface area contributed by atoms with E-state index in [-0.39, 0.29) is 35.6 Å². The van der Waals surface area contributed by atoms with Crippen molar-refractivity contribution in [2.75, 3.05) is 13.1 Å². The molecule has 6 nitrogen and oxygen atoms in total. The first-order valence-electron chi connectivity index (χ1n) is 9.72. The maximum Gasteiger partial charge on any atom is 0.240 e. The number of nitrogens with one attached hydrogen (secondary N) is 1. The fourth-order valence-corrected chi connectivity index (χ4v) is 4.29. The van der Waals surface area contributed by atoms with Gasteiger partial charge in [-0.25, -0.2) is 9.07 Å². The van der Waals surface area contributed by atoms with E-state index < -0.39 is 0 Å². The van der Waals surface area contributed by atoms with Crippen LogP contribution < -0.4 is 5.32 Å². The van der Waals surface area contributed by atoms with Crippen LogP contribution in [0.5, 0.6) is 0 Å². The molecule has 1 atom stereocenters. The van der Waals surface area contributed by atoms with E-state index in [0.29, 0.717) is 18.7 Å². The van der Waals surface area contributed by atoms with Crippen LogP contribution in [0.25, 0.3) is 5.69 Å². The molecule has 2 aromatic rings. The predicted octanol–water partition coefficient (Wildman–Crippen LogP) is 2.76. The quantitative estimate of drug-likeness (QED) is 0.881. The number of carbonyl (C=O) groups excluding carboxylic acids is 2. The number of hydrogen-bond donors (Lipinski definition) is 1. The molecule has 1 aromatic heterocycles. The van der Waals surface area contributed by atoms with Gasteiger partial charge < -0.3 is 10.2 Å². The molecule has 148 valence electrons. The van der Waals surface area contributed by atoms with Crippen LogP contribution in [0.3, 0.4) is 0 Å². The Morgan fingerprint density at radius 2 is 2.21 bits per heavy atom. The van der Waals surface area contributed by atoms with Gasteiger partial charge in [-0.3, -0.25) is 9.59 Å². The van der Waals surface area contributed by atoms with Gasteiger partial charge in [0.15, 0.2) is 0 Å². The van der Waals surface area contributed by atoms with Crippen LogP contribution in [0.4, 0.5) is 4.39 Å². The van der Waals surface area contributed by atoms with Gasteiger partial charge in [0, 0.05) is 18.5 Å². The second-order valence-electron chi connectivity index (χ2n) is 8.52. The summed E-state index contributed by atoms with van der Waals surface area (Å²) in [5, 5.41) is 7.58. The summed E-state index contributed by atoms with van der Waals surface area (Å²) in [6.45, 7) is 5.05. The van der Waals surface area contributed by atoms with Gasteiger partial charge in [0.25, 0.3) is 0 Å². The van der Waals surface area contributed by atoms with Crippen molar-refractivity contribution in [3.63, 3.8) is 0 Å². The molecule has 28 heavy (non-hydrogen) atoms. The molecule has 2 amide bonds. The number of fused-ring (bicyclic) bond motifs is 1. The minimum Gasteiger partial charge on any atom is -0.348 e. The molecule has 0 spiro atoms. The second-order valence-corrected chi connectivity index (χ2v) is 8.52. The van der Waals surface area contributed by atoms with Gasteiger partial charge in [0.2, 0.25) is 11.8 Å². The zero-order valence-electron chi connectivity index (χ0n) is 16.2. The number of aromatic nitrogens is 2. The number of amides is 2. The van der Waals surface area contributed by atoms with Crippen LogP contribution in [0.1, 0.15) is 50.4 Å². The molecule has 4 rings (SSSR count). The first-order valence-corrected chi connectivity index (χ1v) is 9.72. The van der Waals surface area contributed by atoms with Crippen molar-refractivity contribution < 1.29 is 14.0 Å². The van der Waals surface area contributed by atoms with Crippen LogP contribution in [-0.2, 0) is 16.0 Å². The number of rotatable bonds is 4. The molecule has 0 bridgehead atoms. The van der Waals surface area contributed by atoms with Crippen molar-refractivity contribution in [3.8, 4) is 5.69 Å². The minimum absolute atomic E-state index is 0.0405. The number of carbonyl (C=O) groups is 2. The largest absolute Gasteiger partial charge is 0.348 e. The number of nitrogens with zero attached hydrogens (tertiary/aromatic N) is 3. The zero-order valence-corrected chi connectivity index (χ0v) is 16.2. The summed E-state index contributed by atoms with van der Waals surface area (Å²) >= 11 is 0. The standard InChI is InChI=1S/C21H25FN4O2/c1-21(2)10-17(24-19(27)13-25-8-4-7-20(25)28)16-12-23-26(18(16)11-21)15-6-3-5-14(22)9-15/h3,5-6,9,12,17H,4,7-8,10-11,13H2,1-2H3,(H,24,27)/t17-/m1/s1. The monoisotopic (exact) mass is 384 g/mol. The van der Waals surface area contributed by atoms with Gasteiger partial charge in [-0.1, -0.05) is 19.9 Å². The highest BCUT2D eigenvalue weighted by molar-refractivity contribution is 5.86. The highest BCUT2D eigenvalue weighted by Crippen LogP contribution is 2.41. The third kappa shape index (κ3) is 3.66. The maximum atomic E-state index is 13.7. The fourth-order valence-electron chi connectivity index (χ4n) is 4.29. The topological polar surface area (TPSA) is 67.2 Å². The molecule has 0 radical (unpaired) electrons. The fraction of sp³-hybridized carbons (Fsp3) is 0.476. The number of likely N-dealkylation sites (tertiary alicyclic amines) is 1. The van der Waals surface area contributed by atoms with E-state index >= 15 is 0 Å². The van der Waals surface area contributed by atoms with E-state index in [1.54, 1.807) is 21.8 Å². The summed E-state index contributed by atoms with van der Waals surface area (Å²) in [6, 6.07) is 6.18. The first-order chi connectivity index (χ1) is 13.3. The highest BCUT2D eigenvalue weighted by atomic mass is 19.1. The lowest BCUT2D eigenvalue weighted by atomic mass is 9.74. The smallest absolute Gasteiger partial charge is 0.240 e. The Hall–Kier alpha value is -2.70. The lowest BCUT2D eigenvalue weighted by Crippen LogP contribution is -2.42. The zero-order chi connectivity index (χ0) is 19.9. The lowest BCUT2D eigenvalue weighted by molar-refractivity contribution is -0.133. The normalized spacial score (nSPS) is 20.9. The summed E-state index contributed by atoms with van der Waals surface area (Å²) in [6.07, 6.45) is 4.67. The third-order valence-corrected chi connectivity index (χ3v) is 5.57. The van der Waals surface area contributed by atoms with Gasteiger partial charge in [0.05, 0.1) is 30.2 Å². The number of benzene rings is 1. The molecule has 0 unspecified atom stereocenters. The molecule has 1 aromatic carbocycles. The van der Waals surface area contributed by atoms with E-state index in [1.807, 2.05) is 6.07 Å². The van der Waals surface area contributed by atoms with E-state index in [4.69, 9.17) is 0 Å². The van der Waals surface area contributed by atoms with Gasteiger partial charge in [0.1, 0.15) is 5.82 Å².